The summed E-state index contributed by atoms with van der Waals surface area (Å²) in [5.74, 6) is 0.761. The van der Waals surface area contributed by atoms with Crippen molar-refractivity contribution in [3.8, 4) is 5.75 Å². The summed E-state index contributed by atoms with van der Waals surface area (Å²) in [5.41, 5.74) is 0.552. The number of hydrogen-bond donors (Lipinski definition) is 1. The zero-order chi connectivity index (χ0) is 12.1. The topological polar surface area (TPSA) is 60.2 Å². The van der Waals surface area contributed by atoms with Crippen molar-refractivity contribution in [2.75, 3.05) is 6.61 Å². The molecule has 2 rings (SSSR count). The lowest BCUT2D eigenvalue weighted by atomic mass is 10.3. The fraction of sp³-hybridized carbons (Fsp3) is 0.273. The Labute approximate surface area is 104 Å². The number of aromatic nitrogens is 3. The quantitative estimate of drug-likeness (QED) is 0.877. The predicted molar refractivity (Wildman–Crippen MR) is 62.9 cm³/mol. The van der Waals surface area contributed by atoms with E-state index in [0.29, 0.717) is 23.9 Å². The van der Waals surface area contributed by atoms with Crippen LogP contribution in [0.5, 0.6) is 5.75 Å². The van der Waals surface area contributed by atoms with Gasteiger partial charge in [0.2, 0.25) is 0 Å². The molecule has 0 amide bonds. The lowest BCUT2D eigenvalue weighted by molar-refractivity contribution is 0.276. The Kier molecular flexibility index (Phi) is 3.95. The van der Waals surface area contributed by atoms with Gasteiger partial charge in [-0.05, 0) is 24.3 Å². The van der Waals surface area contributed by atoms with Gasteiger partial charge in [0.25, 0.3) is 0 Å². The van der Waals surface area contributed by atoms with E-state index in [4.69, 9.17) is 21.4 Å². The maximum atomic E-state index is 8.82. The number of nitrogens with zero attached hydrogens (tertiary/aromatic N) is 3. The van der Waals surface area contributed by atoms with Gasteiger partial charge in [0.05, 0.1) is 19.3 Å². The molecule has 1 N–H and O–H groups in total. The van der Waals surface area contributed by atoms with Gasteiger partial charge in [0, 0.05) is 5.02 Å². The molecule has 0 bridgehead atoms. The number of hydrogen-bond acceptors (Lipinski definition) is 4. The van der Waals surface area contributed by atoms with Crippen molar-refractivity contribution >= 4 is 11.6 Å². The number of benzene rings is 1. The summed E-state index contributed by atoms with van der Waals surface area (Å²) in [5, 5.41) is 17.1. The SMILES string of the molecule is OCc1cn(CCOc2ccc(Cl)cc2)nn1. The van der Waals surface area contributed by atoms with Gasteiger partial charge < -0.3 is 9.84 Å². The van der Waals surface area contributed by atoms with E-state index >= 15 is 0 Å². The van der Waals surface area contributed by atoms with E-state index in [1.165, 1.54) is 0 Å². The van der Waals surface area contributed by atoms with Crippen LogP contribution in [0.4, 0.5) is 0 Å². The molecule has 0 aliphatic carbocycles. The van der Waals surface area contributed by atoms with Crippen molar-refractivity contribution in [2.45, 2.75) is 13.2 Å². The first-order valence-corrected chi connectivity index (χ1v) is 5.54. The molecule has 0 aliphatic rings. The van der Waals surface area contributed by atoms with Gasteiger partial charge in [0.15, 0.2) is 0 Å². The standard InChI is InChI=1S/C11H12ClN3O2/c12-9-1-3-11(4-2-9)17-6-5-15-7-10(8-16)13-14-15/h1-4,7,16H,5-6,8H2. The summed E-state index contributed by atoms with van der Waals surface area (Å²) < 4.78 is 7.12. The Bertz CT molecular complexity index is 470. The Morgan fingerprint density at radius 2 is 2.06 bits per heavy atom. The van der Waals surface area contributed by atoms with Crippen molar-refractivity contribution in [3.63, 3.8) is 0 Å². The minimum absolute atomic E-state index is 0.0992. The third-order valence-corrected chi connectivity index (χ3v) is 2.40. The highest BCUT2D eigenvalue weighted by molar-refractivity contribution is 6.30. The monoisotopic (exact) mass is 253 g/mol. The first-order chi connectivity index (χ1) is 8.28. The van der Waals surface area contributed by atoms with Crippen LogP contribution in [0.3, 0.4) is 0 Å². The largest absolute Gasteiger partial charge is 0.492 e. The van der Waals surface area contributed by atoms with Crippen LogP contribution in [0.2, 0.25) is 5.02 Å². The molecule has 1 heterocycles. The van der Waals surface area contributed by atoms with Crippen molar-refractivity contribution < 1.29 is 9.84 Å². The van der Waals surface area contributed by atoms with Gasteiger partial charge in [-0.2, -0.15) is 0 Å². The Balaban J connectivity index is 1.81. The fourth-order valence-corrected chi connectivity index (χ4v) is 1.43. The smallest absolute Gasteiger partial charge is 0.119 e. The normalized spacial score (nSPS) is 10.5. The summed E-state index contributed by atoms with van der Waals surface area (Å²) in [6, 6.07) is 7.16. The van der Waals surface area contributed by atoms with Crippen molar-refractivity contribution in [3.05, 3.63) is 41.2 Å². The molecule has 2 aromatic rings. The summed E-state index contributed by atoms with van der Waals surface area (Å²) in [7, 11) is 0. The van der Waals surface area contributed by atoms with E-state index in [2.05, 4.69) is 10.3 Å². The molecule has 0 unspecified atom stereocenters. The van der Waals surface area contributed by atoms with Crippen LogP contribution < -0.4 is 4.74 Å². The van der Waals surface area contributed by atoms with Gasteiger partial charge in [0.1, 0.15) is 18.1 Å². The molecule has 0 saturated carbocycles. The molecule has 0 spiro atoms. The minimum Gasteiger partial charge on any atom is -0.492 e. The molecule has 17 heavy (non-hydrogen) atoms. The molecule has 0 radical (unpaired) electrons. The molecular formula is C11H12ClN3O2. The molecule has 5 nitrogen and oxygen atoms in total. The molecule has 0 fully saturated rings. The molecule has 0 aliphatic heterocycles. The Morgan fingerprint density at radius 1 is 1.29 bits per heavy atom. The van der Waals surface area contributed by atoms with E-state index in [9.17, 15) is 0 Å². The highest BCUT2D eigenvalue weighted by Gasteiger charge is 1.99. The number of aliphatic hydroxyl groups is 1. The maximum absolute atomic E-state index is 8.82. The first kappa shape index (κ1) is 11.9. The number of halogens is 1. The third-order valence-electron chi connectivity index (χ3n) is 2.15. The number of rotatable bonds is 5. The van der Waals surface area contributed by atoms with E-state index in [1.54, 1.807) is 23.0 Å². The summed E-state index contributed by atoms with van der Waals surface area (Å²) >= 11 is 5.76. The van der Waals surface area contributed by atoms with Crippen LogP contribution in [0, 0.1) is 0 Å². The van der Waals surface area contributed by atoms with E-state index in [0.717, 1.165) is 5.75 Å². The minimum atomic E-state index is -0.0992. The second-order valence-corrected chi connectivity index (χ2v) is 3.87. The molecule has 6 heteroatoms. The summed E-state index contributed by atoms with van der Waals surface area (Å²) in [4.78, 5) is 0. The molecule has 0 saturated heterocycles. The lowest BCUT2D eigenvalue weighted by Gasteiger charge is -2.05. The van der Waals surface area contributed by atoms with Gasteiger partial charge in [-0.3, -0.25) is 0 Å². The van der Waals surface area contributed by atoms with Crippen LogP contribution in [-0.2, 0) is 13.2 Å². The van der Waals surface area contributed by atoms with Crippen molar-refractivity contribution in [1.82, 2.24) is 15.0 Å². The number of ether oxygens (including phenoxy) is 1. The van der Waals surface area contributed by atoms with Crippen LogP contribution >= 0.6 is 11.6 Å². The molecule has 0 atom stereocenters. The molecule has 1 aromatic carbocycles. The van der Waals surface area contributed by atoms with E-state index < -0.39 is 0 Å². The molecular weight excluding hydrogens is 242 g/mol. The number of aliphatic hydroxyl groups excluding tert-OH is 1. The maximum Gasteiger partial charge on any atom is 0.119 e. The molecule has 90 valence electrons. The van der Waals surface area contributed by atoms with Gasteiger partial charge in [-0.1, -0.05) is 16.8 Å². The van der Waals surface area contributed by atoms with Crippen LogP contribution in [0.15, 0.2) is 30.5 Å². The Morgan fingerprint density at radius 3 is 2.71 bits per heavy atom. The second-order valence-electron chi connectivity index (χ2n) is 3.43. The van der Waals surface area contributed by atoms with Crippen molar-refractivity contribution in [1.29, 1.82) is 0 Å². The Hall–Kier alpha value is -1.59. The zero-order valence-electron chi connectivity index (χ0n) is 9.08. The van der Waals surface area contributed by atoms with E-state index in [-0.39, 0.29) is 6.61 Å². The predicted octanol–water partition coefficient (Wildman–Crippen LogP) is 1.50. The average molecular weight is 254 g/mol. The highest BCUT2D eigenvalue weighted by atomic mass is 35.5. The van der Waals surface area contributed by atoms with Gasteiger partial charge >= 0.3 is 0 Å². The van der Waals surface area contributed by atoms with Crippen molar-refractivity contribution in [2.24, 2.45) is 0 Å². The fourth-order valence-electron chi connectivity index (χ4n) is 1.31. The average Bonchev–Trinajstić information content (AvgIpc) is 2.80. The van der Waals surface area contributed by atoms with Gasteiger partial charge in [-0.25, -0.2) is 4.68 Å². The summed E-state index contributed by atoms with van der Waals surface area (Å²) in [6.45, 7) is 0.962. The van der Waals surface area contributed by atoms with Crippen LogP contribution in [0.1, 0.15) is 5.69 Å². The highest BCUT2D eigenvalue weighted by Crippen LogP contribution is 2.15. The zero-order valence-corrected chi connectivity index (χ0v) is 9.84. The first-order valence-electron chi connectivity index (χ1n) is 5.16. The molecule has 1 aromatic heterocycles. The van der Waals surface area contributed by atoms with Gasteiger partial charge in [-0.15, -0.1) is 5.10 Å². The van der Waals surface area contributed by atoms with Crippen LogP contribution in [-0.4, -0.2) is 26.7 Å². The summed E-state index contributed by atoms with van der Waals surface area (Å²) in [6.07, 6.45) is 1.69. The van der Waals surface area contributed by atoms with E-state index in [1.807, 2.05) is 12.1 Å². The van der Waals surface area contributed by atoms with Crippen LogP contribution in [0.25, 0.3) is 0 Å². The lowest BCUT2D eigenvalue weighted by Crippen LogP contribution is -2.08. The second kappa shape index (κ2) is 5.65. The third kappa shape index (κ3) is 3.44.